The molecule has 18 heavy (non-hydrogen) atoms. The summed E-state index contributed by atoms with van der Waals surface area (Å²) in [7, 11) is 0. The van der Waals surface area contributed by atoms with Crippen molar-refractivity contribution in [3.63, 3.8) is 0 Å². The Morgan fingerprint density at radius 3 is 2.44 bits per heavy atom. The van der Waals surface area contributed by atoms with Crippen LogP contribution in [0.25, 0.3) is 0 Å². The number of aliphatic hydroxyl groups is 1. The van der Waals surface area contributed by atoms with Crippen molar-refractivity contribution in [3.05, 3.63) is 29.8 Å². The molecule has 1 aliphatic carbocycles. The van der Waals surface area contributed by atoms with Gasteiger partial charge in [-0.2, -0.15) is 0 Å². The second-order valence-corrected chi connectivity index (χ2v) is 4.48. The molecule has 0 spiro atoms. The van der Waals surface area contributed by atoms with E-state index in [1.54, 1.807) is 0 Å². The van der Waals surface area contributed by atoms with E-state index in [2.05, 4.69) is 10.6 Å². The number of hydrogen-bond acceptors (Lipinski definition) is 2. The fourth-order valence-electron chi connectivity index (χ4n) is 1.78. The summed E-state index contributed by atoms with van der Waals surface area (Å²) in [4.78, 5) is 11.4. The number of benzene rings is 1. The van der Waals surface area contributed by atoms with Crippen LogP contribution in [0.5, 0.6) is 0 Å². The molecule has 2 amide bonds. The average Bonchev–Trinajstić information content (AvgIpc) is 2.29. The van der Waals surface area contributed by atoms with E-state index in [0.717, 1.165) is 18.6 Å². The van der Waals surface area contributed by atoms with Crippen LogP contribution in [0.3, 0.4) is 0 Å². The second-order valence-electron chi connectivity index (χ2n) is 4.48. The molecule has 0 bridgehead atoms. The first kappa shape index (κ1) is 12.8. The molecular formula is C12H14F2N2O2. The number of hydrogen-bond donors (Lipinski definition) is 3. The molecule has 0 atom stereocenters. The molecule has 1 aromatic carbocycles. The first-order chi connectivity index (χ1) is 8.50. The molecule has 0 aromatic heterocycles. The second kappa shape index (κ2) is 4.89. The number of anilines is 1. The third kappa shape index (κ3) is 2.76. The summed E-state index contributed by atoms with van der Waals surface area (Å²) < 4.78 is 26.5. The Morgan fingerprint density at radius 1 is 1.33 bits per heavy atom. The summed E-state index contributed by atoms with van der Waals surface area (Å²) in [5, 5.41) is 14.2. The van der Waals surface area contributed by atoms with Crippen LogP contribution in [0.2, 0.25) is 0 Å². The van der Waals surface area contributed by atoms with Crippen LogP contribution in [0, 0.1) is 11.6 Å². The Kier molecular flexibility index (Phi) is 3.47. The van der Waals surface area contributed by atoms with E-state index >= 15 is 0 Å². The lowest BCUT2D eigenvalue weighted by molar-refractivity contribution is -0.0287. The molecule has 4 nitrogen and oxygen atoms in total. The summed E-state index contributed by atoms with van der Waals surface area (Å²) >= 11 is 0. The monoisotopic (exact) mass is 256 g/mol. The molecule has 0 heterocycles. The van der Waals surface area contributed by atoms with E-state index in [9.17, 15) is 18.7 Å². The van der Waals surface area contributed by atoms with Crippen molar-refractivity contribution in [2.24, 2.45) is 0 Å². The number of amides is 2. The topological polar surface area (TPSA) is 61.4 Å². The Labute approximate surface area is 103 Å². The van der Waals surface area contributed by atoms with Gasteiger partial charge >= 0.3 is 6.03 Å². The van der Waals surface area contributed by atoms with E-state index in [-0.39, 0.29) is 6.54 Å². The molecule has 6 heteroatoms. The van der Waals surface area contributed by atoms with Gasteiger partial charge < -0.3 is 15.7 Å². The van der Waals surface area contributed by atoms with Crippen LogP contribution in [0.15, 0.2) is 18.2 Å². The van der Waals surface area contributed by atoms with Crippen molar-refractivity contribution in [1.82, 2.24) is 5.32 Å². The standard InChI is InChI=1S/C12H14F2N2O2/c13-8-3-1-4-9(14)10(8)16-11(17)15-7-12(18)5-2-6-12/h1,3-4,18H,2,5-7H2,(H2,15,16,17). The van der Waals surface area contributed by atoms with Gasteiger partial charge in [0.2, 0.25) is 0 Å². The third-order valence-corrected chi connectivity index (χ3v) is 3.06. The number of carbonyl (C=O) groups is 1. The lowest BCUT2D eigenvalue weighted by Gasteiger charge is -2.36. The summed E-state index contributed by atoms with van der Waals surface area (Å²) in [5.41, 5.74) is -1.36. The minimum Gasteiger partial charge on any atom is -0.388 e. The van der Waals surface area contributed by atoms with Crippen LogP contribution in [-0.4, -0.2) is 23.3 Å². The lowest BCUT2D eigenvalue weighted by Crippen LogP contribution is -2.48. The first-order valence-electron chi connectivity index (χ1n) is 5.71. The zero-order valence-electron chi connectivity index (χ0n) is 9.67. The molecule has 1 fully saturated rings. The summed E-state index contributed by atoms with van der Waals surface area (Å²) in [6.45, 7) is 0.0783. The predicted octanol–water partition coefficient (Wildman–Crippen LogP) is 2.00. The van der Waals surface area contributed by atoms with Crippen LogP contribution in [0.1, 0.15) is 19.3 Å². The summed E-state index contributed by atoms with van der Waals surface area (Å²) in [5.74, 6) is -1.68. The van der Waals surface area contributed by atoms with Crippen molar-refractivity contribution in [2.75, 3.05) is 11.9 Å². The normalized spacial score (nSPS) is 16.8. The quantitative estimate of drug-likeness (QED) is 0.774. The molecule has 1 aliphatic rings. The van der Waals surface area contributed by atoms with Gasteiger partial charge in [0.05, 0.1) is 5.60 Å². The van der Waals surface area contributed by atoms with Gasteiger partial charge in [0.15, 0.2) is 0 Å². The minimum atomic E-state index is -0.870. The zero-order valence-corrected chi connectivity index (χ0v) is 9.67. The molecule has 3 N–H and O–H groups in total. The highest BCUT2D eigenvalue weighted by atomic mass is 19.1. The van der Waals surface area contributed by atoms with E-state index in [4.69, 9.17) is 0 Å². The molecule has 2 rings (SSSR count). The molecule has 1 saturated carbocycles. The van der Waals surface area contributed by atoms with E-state index in [1.807, 2.05) is 0 Å². The van der Waals surface area contributed by atoms with Crippen molar-refractivity contribution >= 4 is 11.7 Å². The van der Waals surface area contributed by atoms with E-state index in [0.29, 0.717) is 12.8 Å². The van der Waals surface area contributed by atoms with Crippen LogP contribution < -0.4 is 10.6 Å². The van der Waals surface area contributed by atoms with Gasteiger partial charge in [0.1, 0.15) is 17.3 Å². The molecular weight excluding hydrogens is 242 g/mol. The molecule has 1 aromatic rings. The number of urea groups is 1. The van der Waals surface area contributed by atoms with Crippen LogP contribution in [-0.2, 0) is 0 Å². The van der Waals surface area contributed by atoms with Crippen LogP contribution >= 0.6 is 0 Å². The Balaban J connectivity index is 1.91. The minimum absolute atomic E-state index is 0.0783. The van der Waals surface area contributed by atoms with Gasteiger partial charge in [-0.25, -0.2) is 13.6 Å². The summed E-state index contributed by atoms with van der Waals surface area (Å²) in [6.07, 6.45) is 2.17. The lowest BCUT2D eigenvalue weighted by atomic mass is 9.80. The number of carbonyl (C=O) groups excluding carboxylic acids is 1. The number of halogens is 2. The Morgan fingerprint density at radius 2 is 1.94 bits per heavy atom. The SMILES string of the molecule is O=C(NCC1(O)CCC1)Nc1c(F)cccc1F. The van der Waals surface area contributed by atoms with E-state index < -0.39 is 29.0 Å². The van der Waals surface area contributed by atoms with Crippen molar-refractivity contribution in [1.29, 1.82) is 0 Å². The first-order valence-corrected chi connectivity index (χ1v) is 5.71. The Hall–Kier alpha value is -1.69. The van der Waals surface area contributed by atoms with Crippen LogP contribution in [0.4, 0.5) is 19.3 Å². The van der Waals surface area contributed by atoms with Gasteiger partial charge in [0.25, 0.3) is 0 Å². The van der Waals surface area contributed by atoms with Gasteiger partial charge in [-0.3, -0.25) is 0 Å². The maximum Gasteiger partial charge on any atom is 0.319 e. The Bertz CT molecular complexity index is 441. The number of para-hydroxylation sites is 1. The highest BCUT2D eigenvalue weighted by Crippen LogP contribution is 2.30. The maximum absolute atomic E-state index is 13.2. The number of rotatable bonds is 3. The zero-order chi connectivity index (χ0) is 13.2. The highest BCUT2D eigenvalue weighted by Gasteiger charge is 2.34. The highest BCUT2D eigenvalue weighted by molar-refractivity contribution is 5.89. The maximum atomic E-state index is 13.2. The summed E-state index contributed by atoms with van der Waals surface area (Å²) in [6, 6.07) is 2.58. The molecule has 0 aliphatic heterocycles. The van der Waals surface area contributed by atoms with Gasteiger partial charge in [-0.1, -0.05) is 6.07 Å². The smallest absolute Gasteiger partial charge is 0.319 e. The molecule has 0 radical (unpaired) electrons. The molecule has 0 saturated heterocycles. The van der Waals surface area contributed by atoms with Gasteiger partial charge in [0, 0.05) is 6.54 Å². The average molecular weight is 256 g/mol. The molecule has 0 unspecified atom stereocenters. The van der Waals surface area contributed by atoms with Crippen molar-refractivity contribution < 1.29 is 18.7 Å². The predicted molar refractivity (Wildman–Crippen MR) is 62.2 cm³/mol. The largest absolute Gasteiger partial charge is 0.388 e. The van der Waals surface area contributed by atoms with Gasteiger partial charge in [-0.05, 0) is 31.4 Å². The molecule has 98 valence electrons. The van der Waals surface area contributed by atoms with Crippen molar-refractivity contribution in [3.8, 4) is 0 Å². The fraction of sp³-hybridized carbons (Fsp3) is 0.417. The number of nitrogens with one attached hydrogen (secondary N) is 2. The van der Waals surface area contributed by atoms with Crippen molar-refractivity contribution in [2.45, 2.75) is 24.9 Å². The third-order valence-electron chi connectivity index (χ3n) is 3.06. The van der Waals surface area contributed by atoms with E-state index in [1.165, 1.54) is 6.07 Å². The van der Waals surface area contributed by atoms with Gasteiger partial charge in [-0.15, -0.1) is 0 Å². The fourth-order valence-corrected chi connectivity index (χ4v) is 1.78.